The first-order valence-electron chi connectivity index (χ1n) is 13.5. The molecule has 2 amide bonds. The van der Waals surface area contributed by atoms with E-state index in [0.29, 0.717) is 5.02 Å². The molecule has 0 radical (unpaired) electrons. The molecule has 0 heterocycles. The molecule has 0 saturated carbocycles. The quantitative estimate of drug-likeness (QED) is 0.142. The maximum absolute atomic E-state index is 13.3. The lowest BCUT2D eigenvalue weighted by Crippen LogP contribution is -2.54. The van der Waals surface area contributed by atoms with E-state index in [1.54, 1.807) is 0 Å². The number of hydrogen-bond acceptors (Lipinski definition) is 13. The molecule has 2 atom stereocenters. The number of hydrogen-bond donors (Lipinski definition) is 3. The van der Waals surface area contributed by atoms with Crippen LogP contribution in [0.15, 0.2) is 60.7 Å². The molecule has 0 saturated heterocycles. The number of rotatable bonds is 12. The maximum Gasteiger partial charge on any atom is 0.349 e. The van der Waals surface area contributed by atoms with Crippen molar-refractivity contribution in [1.82, 2.24) is 10.9 Å². The molecule has 252 valence electrons. The minimum atomic E-state index is -2.49. The van der Waals surface area contributed by atoms with E-state index in [0.717, 1.165) is 38.1 Å². The molecular weight excluding hydrogens is 660 g/mol. The lowest BCUT2D eigenvalue weighted by molar-refractivity contribution is -0.159. The van der Waals surface area contributed by atoms with E-state index in [2.05, 4.69) is 0 Å². The molecule has 0 fully saturated rings. The Morgan fingerprint density at radius 1 is 0.625 bits per heavy atom. The highest BCUT2D eigenvalue weighted by Gasteiger charge is 2.41. The van der Waals surface area contributed by atoms with Gasteiger partial charge in [-0.3, -0.25) is 30.0 Å². The van der Waals surface area contributed by atoms with Crippen molar-refractivity contribution in [1.29, 1.82) is 0 Å². The molecule has 3 N–H and O–H groups in total. The van der Waals surface area contributed by atoms with E-state index in [1.807, 2.05) is 10.9 Å². The predicted molar refractivity (Wildman–Crippen MR) is 162 cm³/mol. The van der Waals surface area contributed by atoms with E-state index in [-0.39, 0.29) is 39.7 Å². The van der Waals surface area contributed by atoms with Crippen LogP contribution in [0.4, 0.5) is 0 Å². The Morgan fingerprint density at radius 3 is 1.48 bits per heavy atom. The monoisotopic (exact) mass is 686 g/mol. The van der Waals surface area contributed by atoms with Crippen LogP contribution in [0, 0.1) is 0 Å². The molecule has 17 heteroatoms. The number of esters is 4. The van der Waals surface area contributed by atoms with Crippen LogP contribution >= 0.6 is 11.6 Å². The third-order valence-electron chi connectivity index (χ3n) is 5.96. The van der Waals surface area contributed by atoms with Gasteiger partial charge in [0.2, 0.25) is 12.2 Å². The molecule has 48 heavy (non-hydrogen) atoms. The second-order valence-corrected chi connectivity index (χ2v) is 9.80. The van der Waals surface area contributed by atoms with Gasteiger partial charge in [0.1, 0.15) is 0 Å². The number of aliphatic carboxylic acids is 1. The topological polar surface area (TPSA) is 219 Å². The van der Waals surface area contributed by atoms with E-state index in [4.69, 9.17) is 40.0 Å². The van der Waals surface area contributed by atoms with Gasteiger partial charge in [-0.25, -0.2) is 14.4 Å². The average Bonchev–Trinajstić information content (AvgIpc) is 3.04. The average molecular weight is 687 g/mol. The number of carboxylic acids is 1. The van der Waals surface area contributed by atoms with Gasteiger partial charge in [-0.15, -0.1) is 0 Å². The molecule has 3 aromatic rings. The number of amides is 2. The number of ether oxygens (including phenoxy) is 6. The maximum atomic E-state index is 13.3. The van der Waals surface area contributed by atoms with Crippen LogP contribution in [0.5, 0.6) is 23.0 Å². The molecule has 0 spiro atoms. The minimum absolute atomic E-state index is 0.0422. The molecule has 3 aromatic carbocycles. The summed E-state index contributed by atoms with van der Waals surface area (Å²) >= 11 is 5.83. The molecule has 0 aromatic heterocycles. The van der Waals surface area contributed by atoms with Crippen molar-refractivity contribution in [2.75, 3.05) is 14.2 Å². The van der Waals surface area contributed by atoms with Crippen LogP contribution in [-0.2, 0) is 28.7 Å². The largest absolute Gasteiger partial charge is 0.493 e. The molecule has 0 bridgehead atoms. The van der Waals surface area contributed by atoms with Crippen LogP contribution in [0.2, 0.25) is 5.02 Å². The van der Waals surface area contributed by atoms with Gasteiger partial charge < -0.3 is 33.5 Å². The standard InChI is InChI=1S/C31H27ClN2O14/c1-15(35)45-21-11-7-18(13-23(21)43-3)30(41)47-25(28(38)34-33-27(37)17-5-9-20(32)10-6-17)26(29(39)40)48-31(42)19-8-12-22(46-16(2)36)24(14-19)44-4/h5-14,25-26H,1-4H3,(H,33,37)(H,34,38)(H,39,40)/t25-,26+/m1/s1. The number of hydrazine groups is 1. The summed E-state index contributed by atoms with van der Waals surface area (Å²) in [4.78, 5) is 87.2. The molecular formula is C31H27ClN2O14. The van der Waals surface area contributed by atoms with E-state index in [1.165, 1.54) is 50.6 Å². The highest BCUT2D eigenvalue weighted by Crippen LogP contribution is 2.30. The zero-order chi connectivity index (χ0) is 35.5. The van der Waals surface area contributed by atoms with Crippen LogP contribution in [0.25, 0.3) is 0 Å². The zero-order valence-corrected chi connectivity index (χ0v) is 26.3. The van der Waals surface area contributed by atoms with E-state index >= 15 is 0 Å². The van der Waals surface area contributed by atoms with Crippen LogP contribution in [0.1, 0.15) is 44.9 Å². The van der Waals surface area contributed by atoms with Crippen LogP contribution < -0.4 is 29.8 Å². The number of benzene rings is 3. The minimum Gasteiger partial charge on any atom is -0.493 e. The van der Waals surface area contributed by atoms with Crippen LogP contribution in [0.3, 0.4) is 0 Å². The molecule has 0 aliphatic rings. The Kier molecular flexibility index (Phi) is 12.4. The SMILES string of the molecule is COc1cc(C(=O)O[C@H](C(=O)O)[C@@H](OC(=O)c2ccc(OC(C)=O)c(OC)c2)C(=O)NNC(=O)c2ccc(Cl)cc2)ccc1OC(C)=O. The fraction of sp³-hybridized carbons (Fsp3) is 0.194. The van der Waals surface area contributed by atoms with Crippen molar-refractivity contribution in [2.24, 2.45) is 0 Å². The number of carbonyl (C=O) groups is 7. The summed E-state index contributed by atoms with van der Waals surface area (Å²) in [7, 11) is 2.42. The highest BCUT2D eigenvalue weighted by atomic mass is 35.5. The van der Waals surface area contributed by atoms with Crippen molar-refractivity contribution in [3.8, 4) is 23.0 Å². The zero-order valence-electron chi connectivity index (χ0n) is 25.6. The van der Waals surface area contributed by atoms with Gasteiger partial charge in [-0.1, -0.05) is 11.6 Å². The Hall–Kier alpha value is -6.16. The number of methoxy groups -OCH3 is 2. The van der Waals surface area contributed by atoms with E-state index in [9.17, 15) is 38.7 Å². The van der Waals surface area contributed by atoms with Gasteiger partial charge in [0, 0.05) is 24.4 Å². The molecule has 16 nitrogen and oxygen atoms in total. The van der Waals surface area contributed by atoms with Crippen LogP contribution in [-0.4, -0.2) is 73.2 Å². The van der Waals surface area contributed by atoms with Gasteiger partial charge in [0.25, 0.3) is 11.8 Å². The number of carboxylic acid groups (broad SMARTS) is 1. The Morgan fingerprint density at radius 2 is 1.06 bits per heavy atom. The normalized spacial score (nSPS) is 11.5. The predicted octanol–water partition coefficient (Wildman–Crippen LogP) is 2.50. The van der Waals surface area contributed by atoms with Gasteiger partial charge >= 0.3 is 29.8 Å². The van der Waals surface area contributed by atoms with Gasteiger partial charge in [-0.05, 0) is 60.7 Å². The van der Waals surface area contributed by atoms with Gasteiger partial charge in [-0.2, -0.15) is 0 Å². The summed E-state index contributed by atoms with van der Waals surface area (Å²) in [6, 6.07) is 12.2. The second kappa shape index (κ2) is 16.4. The highest BCUT2D eigenvalue weighted by molar-refractivity contribution is 6.30. The Bertz CT molecular complexity index is 1740. The lowest BCUT2D eigenvalue weighted by atomic mass is 10.1. The lowest BCUT2D eigenvalue weighted by Gasteiger charge is -2.24. The van der Waals surface area contributed by atoms with Crippen molar-refractivity contribution >= 4 is 53.3 Å². The Balaban J connectivity index is 1.94. The van der Waals surface area contributed by atoms with Crippen molar-refractivity contribution in [3.63, 3.8) is 0 Å². The summed E-state index contributed by atoms with van der Waals surface area (Å²) < 4.78 is 30.5. The first kappa shape index (κ1) is 36.3. The fourth-order valence-corrected chi connectivity index (χ4v) is 3.92. The third-order valence-corrected chi connectivity index (χ3v) is 6.21. The molecule has 0 aliphatic carbocycles. The third kappa shape index (κ3) is 9.67. The smallest absolute Gasteiger partial charge is 0.349 e. The second-order valence-electron chi connectivity index (χ2n) is 9.36. The van der Waals surface area contributed by atoms with Crippen molar-refractivity contribution in [3.05, 3.63) is 82.4 Å². The van der Waals surface area contributed by atoms with Gasteiger partial charge in [0.15, 0.2) is 23.0 Å². The summed E-state index contributed by atoms with van der Waals surface area (Å²) in [5.74, 6) is -8.52. The summed E-state index contributed by atoms with van der Waals surface area (Å²) in [6.07, 6.45) is -4.90. The number of halogens is 1. The van der Waals surface area contributed by atoms with Crippen molar-refractivity contribution in [2.45, 2.75) is 26.1 Å². The molecule has 0 unspecified atom stereocenters. The number of nitrogens with one attached hydrogen (secondary N) is 2. The first-order valence-corrected chi connectivity index (χ1v) is 13.8. The number of carbonyl (C=O) groups excluding carboxylic acids is 6. The summed E-state index contributed by atoms with van der Waals surface area (Å²) in [5.41, 5.74) is 3.42. The summed E-state index contributed by atoms with van der Waals surface area (Å²) in [5, 5.41) is 10.3. The van der Waals surface area contributed by atoms with Crippen molar-refractivity contribution < 1.29 is 67.1 Å². The molecule has 3 rings (SSSR count). The van der Waals surface area contributed by atoms with Gasteiger partial charge in [0.05, 0.1) is 25.3 Å². The Labute approximate surface area is 276 Å². The first-order chi connectivity index (χ1) is 22.7. The fourth-order valence-electron chi connectivity index (χ4n) is 3.79. The summed E-state index contributed by atoms with van der Waals surface area (Å²) in [6.45, 7) is 2.27. The van der Waals surface area contributed by atoms with E-state index < -0.39 is 53.9 Å². The molecule has 0 aliphatic heterocycles.